The zero-order valence-electron chi connectivity index (χ0n) is 13.1. The number of tetrazole rings is 1. The Morgan fingerprint density at radius 2 is 2.21 bits per heavy atom. The summed E-state index contributed by atoms with van der Waals surface area (Å²) in [6.45, 7) is 1.48. The number of rotatable bonds is 3. The third-order valence-electron chi connectivity index (χ3n) is 4.34. The topological polar surface area (TPSA) is 81.7 Å². The van der Waals surface area contributed by atoms with Crippen molar-refractivity contribution in [1.29, 1.82) is 0 Å². The van der Waals surface area contributed by atoms with Crippen LogP contribution in [0.2, 0.25) is 0 Å². The van der Waals surface area contributed by atoms with Crippen LogP contribution in [-0.4, -0.2) is 53.7 Å². The van der Waals surface area contributed by atoms with E-state index in [-0.39, 0.29) is 11.9 Å². The quantitative estimate of drug-likeness (QED) is 0.726. The molecule has 3 heterocycles. The first kappa shape index (κ1) is 14.6. The van der Waals surface area contributed by atoms with E-state index in [1.54, 1.807) is 10.9 Å². The predicted molar refractivity (Wildman–Crippen MR) is 85.6 cm³/mol. The summed E-state index contributed by atoms with van der Waals surface area (Å²) in [6.07, 6.45) is 9.11. The standard InChI is InChI=1S/C16H17N7O/c24-16(13-3-1-4-14(9-13)23-12-18-19-20-23)21-7-2-5-15(10-21)22-8-6-17-11-22/h1,3-4,6,8-9,11-12,15H,2,5,7,10H2. The number of amides is 1. The highest BCUT2D eigenvalue weighted by atomic mass is 16.2. The first-order chi connectivity index (χ1) is 11.8. The van der Waals surface area contributed by atoms with E-state index in [0.717, 1.165) is 25.1 Å². The molecule has 1 aliphatic rings. The fourth-order valence-corrected chi connectivity index (χ4v) is 3.11. The second-order valence-electron chi connectivity index (χ2n) is 5.86. The van der Waals surface area contributed by atoms with Crippen LogP contribution in [0.5, 0.6) is 0 Å². The summed E-state index contributed by atoms with van der Waals surface area (Å²) in [5.74, 6) is 0.0368. The van der Waals surface area contributed by atoms with E-state index in [1.165, 1.54) is 6.33 Å². The molecule has 0 aliphatic carbocycles. The van der Waals surface area contributed by atoms with Gasteiger partial charge in [0.2, 0.25) is 0 Å². The largest absolute Gasteiger partial charge is 0.337 e. The summed E-state index contributed by atoms with van der Waals surface area (Å²) in [4.78, 5) is 18.9. The first-order valence-corrected chi connectivity index (χ1v) is 7.91. The molecule has 24 heavy (non-hydrogen) atoms. The third kappa shape index (κ3) is 2.78. The van der Waals surface area contributed by atoms with Crippen LogP contribution in [-0.2, 0) is 0 Å². The molecule has 8 nitrogen and oxygen atoms in total. The van der Waals surface area contributed by atoms with Crippen molar-refractivity contribution >= 4 is 5.91 Å². The first-order valence-electron chi connectivity index (χ1n) is 7.91. The Hall–Kier alpha value is -3.03. The second-order valence-corrected chi connectivity index (χ2v) is 5.86. The molecule has 8 heteroatoms. The van der Waals surface area contributed by atoms with E-state index in [2.05, 4.69) is 25.1 Å². The number of carbonyl (C=O) groups is 1. The van der Waals surface area contributed by atoms with Gasteiger partial charge in [-0.25, -0.2) is 9.67 Å². The van der Waals surface area contributed by atoms with Crippen LogP contribution >= 0.6 is 0 Å². The van der Waals surface area contributed by atoms with Gasteiger partial charge in [0.05, 0.1) is 18.1 Å². The smallest absolute Gasteiger partial charge is 0.254 e. The number of aromatic nitrogens is 6. The molecule has 1 aliphatic heterocycles. The molecule has 0 saturated carbocycles. The minimum atomic E-state index is 0.0368. The lowest BCUT2D eigenvalue weighted by Gasteiger charge is -2.33. The molecule has 1 atom stereocenters. The van der Waals surface area contributed by atoms with Crippen molar-refractivity contribution in [2.75, 3.05) is 13.1 Å². The van der Waals surface area contributed by atoms with Crippen molar-refractivity contribution in [2.24, 2.45) is 0 Å². The van der Waals surface area contributed by atoms with Crippen molar-refractivity contribution in [1.82, 2.24) is 34.7 Å². The molecule has 2 aromatic heterocycles. The van der Waals surface area contributed by atoms with Gasteiger partial charge in [0.25, 0.3) is 5.91 Å². The number of piperidine rings is 1. The third-order valence-corrected chi connectivity index (χ3v) is 4.34. The van der Waals surface area contributed by atoms with Gasteiger partial charge in [-0.1, -0.05) is 6.07 Å². The number of hydrogen-bond acceptors (Lipinski definition) is 5. The lowest BCUT2D eigenvalue weighted by Crippen LogP contribution is -2.40. The number of hydrogen-bond donors (Lipinski definition) is 0. The molecule has 1 fully saturated rings. The molecular weight excluding hydrogens is 306 g/mol. The maximum atomic E-state index is 12.9. The maximum absolute atomic E-state index is 12.9. The zero-order chi connectivity index (χ0) is 16.4. The molecule has 4 rings (SSSR count). The Labute approximate surface area is 138 Å². The summed E-state index contributed by atoms with van der Waals surface area (Å²) >= 11 is 0. The fraction of sp³-hybridized carbons (Fsp3) is 0.312. The van der Waals surface area contributed by atoms with Crippen LogP contribution < -0.4 is 0 Å². The monoisotopic (exact) mass is 323 g/mol. The van der Waals surface area contributed by atoms with E-state index in [1.807, 2.05) is 41.7 Å². The van der Waals surface area contributed by atoms with Crippen LogP contribution in [0.15, 0.2) is 49.3 Å². The van der Waals surface area contributed by atoms with Crippen LogP contribution in [0.3, 0.4) is 0 Å². The predicted octanol–water partition coefficient (Wildman–Crippen LogP) is 1.34. The highest BCUT2D eigenvalue weighted by Crippen LogP contribution is 2.23. The van der Waals surface area contributed by atoms with Crippen molar-refractivity contribution < 1.29 is 4.79 Å². The van der Waals surface area contributed by atoms with E-state index in [0.29, 0.717) is 12.1 Å². The van der Waals surface area contributed by atoms with Crippen molar-refractivity contribution in [3.8, 4) is 5.69 Å². The summed E-state index contributed by atoms with van der Waals surface area (Å²) in [5.41, 5.74) is 1.42. The molecule has 0 radical (unpaired) electrons. The minimum absolute atomic E-state index is 0.0368. The molecule has 1 saturated heterocycles. The number of likely N-dealkylation sites (tertiary alicyclic amines) is 1. The average molecular weight is 323 g/mol. The summed E-state index contributed by atoms with van der Waals surface area (Å²) in [7, 11) is 0. The van der Waals surface area contributed by atoms with Crippen molar-refractivity contribution in [2.45, 2.75) is 18.9 Å². The Morgan fingerprint density at radius 1 is 1.25 bits per heavy atom. The Balaban J connectivity index is 1.54. The van der Waals surface area contributed by atoms with Gasteiger partial charge >= 0.3 is 0 Å². The highest BCUT2D eigenvalue weighted by Gasteiger charge is 2.25. The zero-order valence-corrected chi connectivity index (χ0v) is 13.1. The molecule has 122 valence electrons. The van der Waals surface area contributed by atoms with Crippen LogP contribution in [0.25, 0.3) is 5.69 Å². The molecule has 0 bridgehead atoms. The Bertz CT molecular complexity index is 813. The van der Waals surface area contributed by atoms with E-state index in [4.69, 9.17) is 0 Å². The molecule has 0 N–H and O–H groups in total. The van der Waals surface area contributed by atoms with Crippen LogP contribution in [0.4, 0.5) is 0 Å². The number of benzene rings is 1. The van der Waals surface area contributed by atoms with Crippen LogP contribution in [0, 0.1) is 0 Å². The van der Waals surface area contributed by atoms with E-state index in [9.17, 15) is 4.79 Å². The van der Waals surface area contributed by atoms with Gasteiger partial charge in [0.15, 0.2) is 0 Å². The van der Waals surface area contributed by atoms with Gasteiger partial charge in [0.1, 0.15) is 6.33 Å². The van der Waals surface area contributed by atoms with E-state index >= 15 is 0 Å². The Kier molecular flexibility index (Phi) is 3.78. The SMILES string of the molecule is O=C(c1cccc(-n2cnnn2)c1)N1CCCC(n2ccnc2)C1. The molecule has 3 aromatic rings. The van der Waals surface area contributed by atoms with Gasteiger partial charge in [-0.15, -0.1) is 5.10 Å². The average Bonchev–Trinajstić information content (AvgIpc) is 3.35. The van der Waals surface area contributed by atoms with Crippen LogP contribution in [0.1, 0.15) is 29.2 Å². The Morgan fingerprint density at radius 3 is 3.00 bits per heavy atom. The second kappa shape index (κ2) is 6.23. The normalized spacial score (nSPS) is 17.8. The van der Waals surface area contributed by atoms with Gasteiger partial charge < -0.3 is 9.47 Å². The van der Waals surface area contributed by atoms with Gasteiger partial charge in [-0.3, -0.25) is 4.79 Å². The lowest BCUT2D eigenvalue weighted by molar-refractivity contribution is 0.0679. The number of imidazole rings is 1. The summed E-state index contributed by atoms with van der Waals surface area (Å²) in [5, 5.41) is 11.1. The van der Waals surface area contributed by atoms with Crippen molar-refractivity contribution in [3.05, 3.63) is 54.9 Å². The van der Waals surface area contributed by atoms with Crippen molar-refractivity contribution in [3.63, 3.8) is 0 Å². The minimum Gasteiger partial charge on any atom is -0.337 e. The molecule has 0 spiro atoms. The number of nitrogens with zero attached hydrogens (tertiary/aromatic N) is 7. The maximum Gasteiger partial charge on any atom is 0.254 e. The fourth-order valence-electron chi connectivity index (χ4n) is 3.11. The molecular formula is C16H17N7O. The van der Waals surface area contributed by atoms with Gasteiger partial charge in [0, 0.05) is 31.0 Å². The van der Waals surface area contributed by atoms with Gasteiger partial charge in [-0.2, -0.15) is 0 Å². The molecule has 1 amide bonds. The molecule has 1 aromatic carbocycles. The van der Waals surface area contributed by atoms with E-state index < -0.39 is 0 Å². The number of carbonyl (C=O) groups excluding carboxylic acids is 1. The lowest BCUT2D eigenvalue weighted by atomic mass is 10.0. The van der Waals surface area contributed by atoms with Gasteiger partial charge in [-0.05, 0) is 41.5 Å². The summed E-state index contributed by atoms with van der Waals surface area (Å²) in [6, 6.07) is 7.66. The highest BCUT2D eigenvalue weighted by molar-refractivity contribution is 5.94. The molecule has 1 unspecified atom stereocenters. The summed E-state index contributed by atoms with van der Waals surface area (Å²) < 4.78 is 3.62.